The maximum Gasteiger partial charge on any atom is 0.258 e. The zero-order valence-corrected chi connectivity index (χ0v) is 18.8. The molecule has 1 atom stereocenters. The number of para-hydroxylation sites is 3. The number of nitrogens with zero attached hydrogens (tertiary/aromatic N) is 1. The first-order valence-electron chi connectivity index (χ1n) is 11.2. The topological polar surface area (TPSA) is 76.2 Å². The highest BCUT2D eigenvalue weighted by Crippen LogP contribution is 2.41. The Labute approximate surface area is 193 Å². The number of benzene rings is 3. The molecule has 0 bridgehead atoms. The minimum atomic E-state index is -0.312. The van der Waals surface area contributed by atoms with Gasteiger partial charge < -0.3 is 19.8 Å². The fourth-order valence-electron chi connectivity index (χ4n) is 4.28. The highest BCUT2D eigenvalue weighted by molar-refractivity contribution is 5.79. The number of carbonyl (C=O) groups excluding carboxylic acids is 1. The first-order chi connectivity index (χ1) is 16.0. The van der Waals surface area contributed by atoms with Crippen LogP contribution < -0.4 is 14.8 Å². The summed E-state index contributed by atoms with van der Waals surface area (Å²) in [7, 11) is 0. The number of aromatic amines is 1. The molecule has 0 radical (unpaired) electrons. The normalized spacial score (nSPS) is 15.0. The first kappa shape index (κ1) is 21.1. The molecule has 2 N–H and O–H groups in total. The molecule has 33 heavy (non-hydrogen) atoms. The molecule has 6 heteroatoms. The van der Waals surface area contributed by atoms with Crippen LogP contribution in [0.3, 0.4) is 0 Å². The van der Waals surface area contributed by atoms with E-state index in [2.05, 4.69) is 10.3 Å². The lowest BCUT2D eigenvalue weighted by molar-refractivity contribution is -0.123. The molecule has 1 aromatic heterocycles. The zero-order chi connectivity index (χ0) is 22.8. The Morgan fingerprint density at radius 3 is 2.70 bits per heavy atom. The quantitative estimate of drug-likeness (QED) is 0.434. The van der Waals surface area contributed by atoms with Crippen LogP contribution in [-0.4, -0.2) is 28.1 Å². The highest BCUT2D eigenvalue weighted by Gasteiger charge is 2.32. The molecule has 0 spiro atoms. The minimum Gasteiger partial charge on any atom is -0.483 e. The van der Waals surface area contributed by atoms with Gasteiger partial charge in [0.05, 0.1) is 17.1 Å². The van der Waals surface area contributed by atoms with Crippen molar-refractivity contribution >= 4 is 16.9 Å². The van der Waals surface area contributed by atoms with Crippen molar-refractivity contribution in [2.24, 2.45) is 0 Å². The number of rotatable bonds is 7. The predicted molar refractivity (Wildman–Crippen MR) is 127 cm³/mol. The third kappa shape index (κ3) is 4.70. The standard InChI is InChI=1S/C27H27N3O3/c1-27(2)16-19-11-8-14-23(25(19)33-27)32-17-24(31)28-22(15-18-9-4-3-5-10-18)26-29-20-12-6-7-13-21(20)30-26/h3-14,22H,15-17H2,1-2H3,(H,28,31)(H,29,30). The maximum atomic E-state index is 12.9. The van der Waals surface area contributed by atoms with Crippen molar-refractivity contribution < 1.29 is 14.3 Å². The van der Waals surface area contributed by atoms with Gasteiger partial charge in [-0.2, -0.15) is 0 Å². The Morgan fingerprint density at radius 1 is 1.09 bits per heavy atom. The summed E-state index contributed by atoms with van der Waals surface area (Å²) in [6, 6.07) is 23.4. The molecule has 0 aliphatic carbocycles. The lowest BCUT2D eigenvalue weighted by Gasteiger charge is -2.19. The van der Waals surface area contributed by atoms with Crippen LogP contribution in [-0.2, 0) is 17.6 Å². The van der Waals surface area contributed by atoms with Crippen molar-refractivity contribution in [3.05, 3.63) is 89.7 Å². The molecule has 1 aliphatic rings. The lowest BCUT2D eigenvalue weighted by Crippen LogP contribution is -2.34. The summed E-state index contributed by atoms with van der Waals surface area (Å²) < 4.78 is 11.9. The average molecular weight is 442 g/mol. The molecule has 1 aliphatic heterocycles. The Kier molecular flexibility index (Phi) is 5.50. The van der Waals surface area contributed by atoms with Crippen LogP contribution >= 0.6 is 0 Å². The van der Waals surface area contributed by atoms with E-state index in [0.29, 0.717) is 12.2 Å². The van der Waals surface area contributed by atoms with E-state index < -0.39 is 0 Å². The Hall–Kier alpha value is -3.80. The first-order valence-corrected chi connectivity index (χ1v) is 11.2. The molecule has 0 fully saturated rings. The third-order valence-electron chi connectivity index (χ3n) is 5.77. The van der Waals surface area contributed by atoms with Crippen molar-refractivity contribution in [3.8, 4) is 11.5 Å². The molecular weight excluding hydrogens is 414 g/mol. The summed E-state index contributed by atoms with van der Waals surface area (Å²) >= 11 is 0. The van der Waals surface area contributed by atoms with Gasteiger partial charge in [-0.1, -0.05) is 54.6 Å². The lowest BCUT2D eigenvalue weighted by atomic mass is 10.0. The van der Waals surface area contributed by atoms with Gasteiger partial charge in [0, 0.05) is 12.0 Å². The predicted octanol–water partition coefficient (Wildman–Crippen LogP) is 4.76. The number of fused-ring (bicyclic) bond motifs is 2. The third-order valence-corrected chi connectivity index (χ3v) is 5.77. The average Bonchev–Trinajstić information content (AvgIpc) is 3.37. The zero-order valence-electron chi connectivity index (χ0n) is 18.8. The molecule has 4 aromatic rings. The molecule has 0 saturated heterocycles. The molecule has 2 heterocycles. The van der Waals surface area contributed by atoms with Crippen LogP contribution in [0.5, 0.6) is 11.5 Å². The number of imidazole rings is 1. The highest BCUT2D eigenvalue weighted by atomic mass is 16.5. The fraction of sp³-hybridized carbons (Fsp3) is 0.259. The van der Waals surface area contributed by atoms with Gasteiger partial charge in [0.1, 0.15) is 11.4 Å². The van der Waals surface area contributed by atoms with Gasteiger partial charge in [-0.15, -0.1) is 0 Å². The minimum absolute atomic E-state index is 0.105. The molecule has 6 nitrogen and oxygen atoms in total. The molecule has 0 saturated carbocycles. The molecular formula is C27H27N3O3. The maximum absolute atomic E-state index is 12.9. The van der Waals surface area contributed by atoms with Crippen LogP contribution in [0.2, 0.25) is 0 Å². The number of nitrogens with one attached hydrogen (secondary N) is 2. The van der Waals surface area contributed by atoms with E-state index in [9.17, 15) is 4.79 Å². The van der Waals surface area contributed by atoms with Gasteiger partial charge in [0.2, 0.25) is 0 Å². The number of hydrogen-bond donors (Lipinski definition) is 2. The van der Waals surface area contributed by atoms with Crippen LogP contribution in [0.4, 0.5) is 0 Å². The summed E-state index contributed by atoms with van der Waals surface area (Å²) in [5.74, 6) is 1.83. The SMILES string of the molecule is CC1(C)Cc2cccc(OCC(=O)NC(Cc3ccccc3)c3nc4ccccc4[nH]3)c2O1. The summed E-state index contributed by atoms with van der Waals surface area (Å²) in [4.78, 5) is 21.0. The summed E-state index contributed by atoms with van der Waals surface area (Å²) in [6.45, 7) is 3.99. The number of H-pyrrole nitrogens is 1. The molecule has 5 rings (SSSR count). The fourth-order valence-corrected chi connectivity index (χ4v) is 4.28. The van der Waals surface area contributed by atoms with Gasteiger partial charge in [-0.3, -0.25) is 4.79 Å². The summed E-state index contributed by atoms with van der Waals surface area (Å²) in [6.07, 6.45) is 1.43. The second-order valence-electron chi connectivity index (χ2n) is 9.02. The van der Waals surface area contributed by atoms with Crippen molar-refractivity contribution in [1.82, 2.24) is 15.3 Å². The summed E-state index contributed by atoms with van der Waals surface area (Å²) in [5, 5.41) is 3.10. The van der Waals surface area contributed by atoms with Gasteiger partial charge in [-0.05, 0) is 44.0 Å². The van der Waals surface area contributed by atoms with E-state index >= 15 is 0 Å². The molecule has 1 amide bonds. The van der Waals surface area contributed by atoms with Crippen LogP contribution in [0, 0.1) is 0 Å². The van der Waals surface area contributed by atoms with E-state index in [0.717, 1.165) is 40.2 Å². The Balaban J connectivity index is 1.32. The smallest absolute Gasteiger partial charge is 0.258 e. The van der Waals surface area contributed by atoms with Crippen molar-refractivity contribution in [3.63, 3.8) is 0 Å². The molecule has 1 unspecified atom stereocenters. The van der Waals surface area contributed by atoms with Crippen LogP contribution in [0.25, 0.3) is 11.0 Å². The number of ether oxygens (including phenoxy) is 2. The van der Waals surface area contributed by atoms with Gasteiger partial charge >= 0.3 is 0 Å². The van der Waals surface area contributed by atoms with Gasteiger partial charge in [0.15, 0.2) is 18.1 Å². The monoisotopic (exact) mass is 441 g/mol. The number of aromatic nitrogens is 2. The Bertz CT molecular complexity index is 1250. The summed E-state index contributed by atoms with van der Waals surface area (Å²) in [5.41, 5.74) is 3.75. The van der Waals surface area contributed by atoms with E-state index in [1.54, 1.807) is 0 Å². The van der Waals surface area contributed by atoms with Gasteiger partial charge in [0.25, 0.3) is 5.91 Å². The Morgan fingerprint density at radius 2 is 1.88 bits per heavy atom. The van der Waals surface area contributed by atoms with Crippen LogP contribution in [0.15, 0.2) is 72.8 Å². The van der Waals surface area contributed by atoms with E-state index in [4.69, 9.17) is 14.5 Å². The van der Waals surface area contributed by atoms with Crippen molar-refractivity contribution in [1.29, 1.82) is 0 Å². The van der Waals surface area contributed by atoms with Crippen molar-refractivity contribution in [2.75, 3.05) is 6.61 Å². The number of amides is 1. The largest absolute Gasteiger partial charge is 0.483 e. The number of carbonyl (C=O) groups is 1. The van der Waals surface area contributed by atoms with E-state index in [-0.39, 0.29) is 24.2 Å². The van der Waals surface area contributed by atoms with Crippen molar-refractivity contribution in [2.45, 2.75) is 38.3 Å². The van der Waals surface area contributed by atoms with E-state index in [1.165, 1.54) is 0 Å². The molecule has 168 valence electrons. The number of hydrogen-bond acceptors (Lipinski definition) is 4. The van der Waals surface area contributed by atoms with E-state index in [1.807, 2.05) is 86.6 Å². The second-order valence-corrected chi connectivity index (χ2v) is 9.02. The second kappa shape index (κ2) is 8.62. The molecule has 3 aromatic carbocycles. The van der Waals surface area contributed by atoms with Gasteiger partial charge in [-0.25, -0.2) is 4.98 Å². The van der Waals surface area contributed by atoms with Crippen LogP contribution in [0.1, 0.15) is 36.8 Å².